The van der Waals surface area contributed by atoms with Crippen molar-refractivity contribution in [2.45, 2.75) is 25.2 Å². The average molecular weight is 392 g/mol. The summed E-state index contributed by atoms with van der Waals surface area (Å²) < 4.78 is 10.8. The van der Waals surface area contributed by atoms with E-state index in [-0.39, 0.29) is 16.9 Å². The number of nitrogens with one attached hydrogen (secondary N) is 2. The van der Waals surface area contributed by atoms with E-state index in [1.807, 2.05) is 0 Å². The zero-order valence-corrected chi connectivity index (χ0v) is 16.4. The molecule has 0 radical (unpaired) electrons. The van der Waals surface area contributed by atoms with Gasteiger partial charge >= 0.3 is 0 Å². The Morgan fingerprint density at radius 3 is 2.52 bits per heavy atom. The summed E-state index contributed by atoms with van der Waals surface area (Å²) in [5, 5.41) is 2.98. The van der Waals surface area contributed by atoms with Crippen LogP contribution in [0, 0.1) is 6.92 Å². The van der Waals surface area contributed by atoms with Crippen molar-refractivity contribution in [3.63, 3.8) is 0 Å². The molecule has 0 aliphatic carbocycles. The van der Waals surface area contributed by atoms with Crippen LogP contribution >= 0.6 is 0 Å². The number of pyridine rings is 1. The average Bonchev–Trinajstić information content (AvgIpc) is 3.28. The molecule has 150 valence electrons. The summed E-state index contributed by atoms with van der Waals surface area (Å²) in [4.78, 5) is 27.9. The summed E-state index contributed by atoms with van der Waals surface area (Å²) in [6.45, 7) is 3.82. The van der Waals surface area contributed by atoms with Gasteiger partial charge in [0, 0.05) is 25.2 Å². The summed E-state index contributed by atoms with van der Waals surface area (Å²) in [6, 6.07) is 15.1. The topological polar surface area (TPSA) is 84.3 Å². The number of hydrogen-bond donors (Lipinski definition) is 2. The first-order valence-corrected chi connectivity index (χ1v) is 9.78. The Morgan fingerprint density at radius 2 is 1.86 bits per heavy atom. The molecule has 1 fully saturated rings. The Kier molecular flexibility index (Phi) is 5.36. The fourth-order valence-corrected chi connectivity index (χ4v) is 3.81. The summed E-state index contributed by atoms with van der Waals surface area (Å²) in [5.41, 5.74) is 2.39. The van der Waals surface area contributed by atoms with Gasteiger partial charge in [-0.15, -0.1) is 0 Å². The monoisotopic (exact) mass is 392 g/mol. The van der Waals surface area contributed by atoms with E-state index < -0.39 is 5.56 Å². The minimum absolute atomic E-state index is 0.0893. The third kappa shape index (κ3) is 4.03. The van der Waals surface area contributed by atoms with Crippen molar-refractivity contribution < 1.29 is 13.9 Å². The SMILES string of the molecule is Cc1ccc(C2(CNC(=O)c3ccc(-c4ccco4)[nH]c3=O)CCOCC2)cc1. The molecule has 1 aliphatic heterocycles. The van der Waals surface area contributed by atoms with Gasteiger partial charge in [-0.25, -0.2) is 0 Å². The van der Waals surface area contributed by atoms with Gasteiger partial charge in [0.2, 0.25) is 0 Å². The molecule has 6 nitrogen and oxygen atoms in total. The number of furan rings is 1. The molecule has 1 aromatic carbocycles. The van der Waals surface area contributed by atoms with Crippen LogP contribution in [0.3, 0.4) is 0 Å². The van der Waals surface area contributed by atoms with Crippen molar-refractivity contribution in [2.24, 2.45) is 0 Å². The maximum absolute atomic E-state index is 12.7. The molecule has 0 unspecified atom stereocenters. The second-order valence-corrected chi connectivity index (χ2v) is 7.53. The van der Waals surface area contributed by atoms with Gasteiger partial charge in [-0.05, 0) is 49.6 Å². The fourth-order valence-electron chi connectivity index (χ4n) is 3.81. The standard InChI is InChI=1S/C23H24N2O4/c1-16-4-6-17(7-5-16)23(10-13-28-14-11-23)15-24-21(26)18-8-9-19(25-22(18)27)20-3-2-12-29-20/h2-9,12H,10-11,13-15H2,1H3,(H,24,26)(H,25,27). The summed E-state index contributed by atoms with van der Waals surface area (Å²) in [7, 11) is 0. The fraction of sp³-hybridized carbons (Fsp3) is 0.304. The summed E-state index contributed by atoms with van der Waals surface area (Å²) in [5.74, 6) is 0.171. The number of H-pyrrole nitrogens is 1. The van der Waals surface area contributed by atoms with E-state index >= 15 is 0 Å². The van der Waals surface area contributed by atoms with E-state index in [4.69, 9.17) is 9.15 Å². The Hall–Kier alpha value is -3.12. The molecule has 4 rings (SSSR count). The van der Waals surface area contributed by atoms with E-state index in [1.165, 1.54) is 23.5 Å². The van der Waals surface area contributed by atoms with Gasteiger partial charge in [0.15, 0.2) is 0 Å². The molecule has 0 saturated carbocycles. The number of rotatable bonds is 5. The number of amides is 1. The number of aromatic amines is 1. The maximum atomic E-state index is 12.7. The molecule has 1 aliphatic rings. The van der Waals surface area contributed by atoms with Crippen molar-refractivity contribution in [1.29, 1.82) is 0 Å². The number of carbonyl (C=O) groups excluding carboxylic acids is 1. The smallest absolute Gasteiger partial charge is 0.261 e. The van der Waals surface area contributed by atoms with Gasteiger partial charge in [-0.1, -0.05) is 29.8 Å². The van der Waals surface area contributed by atoms with Crippen LogP contribution in [0.15, 0.2) is 64.0 Å². The molecule has 1 amide bonds. The van der Waals surface area contributed by atoms with Crippen molar-refractivity contribution in [3.05, 3.63) is 81.8 Å². The molecule has 1 saturated heterocycles. The van der Waals surface area contributed by atoms with Crippen LogP contribution in [0.4, 0.5) is 0 Å². The highest BCUT2D eigenvalue weighted by atomic mass is 16.5. The highest BCUT2D eigenvalue weighted by Gasteiger charge is 2.35. The van der Waals surface area contributed by atoms with Crippen LogP contribution in [0.25, 0.3) is 11.5 Å². The van der Waals surface area contributed by atoms with Crippen LogP contribution < -0.4 is 10.9 Å². The Balaban J connectivity index is 1.52. The zero-order chi connectivity index (χ0) is 20.3. The van der Waals surface area contributed by atoms with Gasteiger partial charge in [0.1, 0.15) is 11.3 Å². The first-order chi connectivity index (χ1) is 14.1. The van der Waals surface area contributed by atoms with E-state index in [0.717, 1.165) is 12.8 Å². The van der Waals surface area contributed by atoms with Crippen LogP contribution in [0.1, 0.15) is 34.3 Å². The lowest BCUT2D eigenvalue weighted by Crippen LogP contribution is -2.45. The predicted molar refractivity (Wildman–Crippen MR) is 110 cm³/mol. The van der Waals surface area contributed by atoms with Crippen LogP contribution in [-0.4, -0.2) is 30.6 Å². The molecule has 29 heavy (non-hydrogen) atoms. The summed E-state index contributed by atoms with van der Waals surface area (Å²) in [6.07, 6.45) is 3.18. The number of ether oxygens (including phenoxy) is 1. The third-order valence-electron chi connectivity index (χ3n) is 5.64. The molecule has 0 spiro atoms. The van der Waals surface area contributed by atoms with Crippen molar-refractivity contribution in [1.82, 2.24) is 10.3 Å². The molecule has 2 aromatic heterocycles. The Bertz CT molecular complexity index is 1030. The Labute approximate surface area is 168 Å². The van der Waals surface area contributed by atoms with E-state index in [0.29, 0.717) is 31.2 Å². The third-order valence-corrected chi connectivity index (χ3v) is 5.64. The largest absolute Gasteiger partial charge is 0.463 e. The van der Waals surface area contributed by atoms with Crippen LogP contribution in [0.5, 0.6) is 0 Å². The van der Waals surface area contributed by atoms with Crippen molar-refractivity contribution >= 4 is 5.91 Å². The van der Waals surface area contributed by atoms with E-state index in [2.05, 4.69) is 41.5 Å². The normalized spacial score (nSPS) is 15.8. The van der Waals surface area contributed by atoms with Crippen molar-refractivity contribution in [2.75, 3.05) is 19.8 Å². The molecular weight excluding hydrogens is 368 g/mol. The molecule has 3 heterocycles. The second-order valence-electron chi connectivity index (χ2n) is 7.53. The minimum atomic E-state index is -0.437. The highest BCUT2D eigenvalue weighted by Crippen LogP contribution is 2.34. The zero-order valence-electron chi connectivity index (χ0n) is 16.4. The predicted octanol–water partition coefficient (Wildman–Crippen LogP) is 3.42. The number of aromatic nitrogens is 1. The lowest BCUT2D eigenvalue weighted by molar-refractivity contribution is 0.0487. The van der Waals surface area contributed by atoms with Gasteiger partial charge < -0.3 is 19.5 Å². The van der Waals surface area contributed by atoms with E-state index in [9.17, 15) is 9.59 Å². The quantitative estimate of drug-likeness (QED) is 0.697. The number of hydrogen-bond acceptors (Lipinski definition) is 4. The minimum Gasteiger partial charge on any atom is -0.463 e. The maximum Gasteiger partial charge on any atom is 0.261 e. The molecule has 0 bridgehead atoms. The number of benzene rings is 1. The first-order valence-electron chi connectivity index (χ1n) is 9.78. The van der Waals surface area contributed by atoms with Crippen molar-refractivity contribution in [3.8, 4) is 11.5 Å². The van der Waals surface area contributed by atoms with Gasteiger partial charge in [-0.3, -0.25) is 9.59 Å². The molecular formula is C23H24N2O4. The lowest BCUT2D eigenvalue weighted by Gasteiger charge is -2.38. The second kappa shape index (κ2) is 8.09. The molecule has 3 aromatic rings. The van der Waals surface area contributed by atoms with Gasteiger partial charge in [-0.2, -0.15) is 0 Å². The Morgan fingerprint density at radius 1 is 1.10 bits per heavy atom. The van der Waals surface area contributed by atoms with Gasteiger partial charge in [0.25, 0.3) is 11.5 Å². The van der Waals surface area contributed by atoms with Gasteiger partial charge in [0.05, 0.1) is 12.0 Å². The highest BCUT2D eigenvalue weighted by molar-refractivity contribution is 5.94. The molecule has 0 atom stereocenters. The number of aryl methyl sites for hydroxylation is 1. The molecule has 6 heteroatoms. The van der Waals surface area contributed by atoms with E-state index in [1.54, 1.807) is 18.2 Å². The summed E-state index contributed by atoms with van der Waals surface area (Å²) >= 11 is 0. The van der Waals surface area contributed by atoms with Crippen LogP contribution in [-0.2, 0) is 10.2 Å². The first kappa shape index (κ1) is 19.2. The van der Waals surface area contributed by atoms with Crippen LogP contribution in [0.2, 0.25) is 0 Å². The molecule has 2 N–H and O–H groups in total. The lowest BCUT2D eigenvalue weighted by atomic mass is 9.74. The number of carbonyl (C=O) groups is 1.